The number of hydrogen-bond donors (Lipinski definition) is 1. The number of aromatic amines is 1. The third-order valence-electron chi connectivity index (χ3n) is 4.73. The van der Waals surface area contributed by atoms with E-state index in [-0.39, 0.29) is 11.8 Å². The Labute approximate surface area is 144 Å². The van der Waals surface area contributed by atoms with E-state index in [4.69, 9.17) is 4.98 Å². The van der Waals surface area contributed by atoms with E-state index >= 15 is 0 Å². The van der Waals surface area contributed by atoms with Gasteiger partial charge in [-0.25, -0.2) is 4.98 Å². The maximum Gasteiger partial charge on any atom is 0.256 e. The third-order valence-corrected chi connectivity index (χ3v) is 5.45. The van der Waals surface area contributed by atoms with Crippen LogP contribution in [0.15, 0.2) is 23.6 Å². The van der Waals surface area contributed by atoms with Crippen LogP contribution >= 0.6 is 11.5 Å². The fourth-order valence-corrected chi connectivity index (χ4v) is 4.08. The number of nitrogens with one attached hydrogen (secondary N) is 1. The minimum atomic E-state index is 0.0953. The summed E-state index contributed by atoms with van der Waals surface area (Å²) in [5.74, 6) is 1.36. The molecule has 1 atom stereocenters. The molecule has 0 bridgehead atoms. The summed E-state index contributed by atoms with van der Waals surface area (Å²) in [6.45, 7) is 5.50. The van der Waals surface area contributed by atoms with Crippen LogP contribution in [-0.4, -0.2) is 38.2 Å². The number of likely N-dealkylation sites (tertiary alicyclic amines) is 1. The largest absolute Gasteiger partial charge is 0.342 e. The van der Waals surface area contributed by atoms with Crippen LogP contribution in [0.5, 0.6) is 0 Å². The first kappa shape index (κ1) is 15.3. The highest BCUT2D eigenvalue weighted by Crippen LogP contribution is 2.28. The van der Waals surface area contributed by atoms with Gasteiger partial charge < -0.3 is 9.88 Å². The van der Waals surface area contributed by atoms with Crippen molar-refractivity contribution >= 4 is 28.5 Å². The van der Waals surface area contributed by atoms with E-state index in [0.29, 0.717) is 6.54 Å². The quantitative estimate of drug-likeness (QED) is 0.774. The molecule has 1 N–H and O–H groups in total. The topological polar surface area (TPSA) is 61.9 Å². The van der Waals surface area contributed by atoms with Crippen molar-refractivity contribution in [3.05, 3.63) is 46.2 Å². The van der Waals surface area contributed by atoms with Crippen molar-refractivity contribution in [3.63, 3.8) is 0 Å². The van der Waals surface area contributed by atoms with Gasteiger partial charge in [-0.15, -0.1) is 0 Å². The number of carbonyl (C=O) groups excluding carboxylic acids is 1. The Morgan fingerprint density at radius 2 is 2.25 bits per heavy atom. The van der Waals surface area contributed by atoms with Crippen LogP contribution in [0, 0.1) is 13.8 Å². The second kappa shape index (κ2) is 6.02. The van der Waals surface area contributed by atoms with Crippen LogP contribution in [0.3, 0.4) is 0 Å². The molecule has 6 heteroatoms. The van der Waals surface area contributed by atoms with Crippen molar-refractivity contribution in [2.45, 2.75) is 32.6 Å². The Morgan fingerprint density at radius 3 is 3.04 bits per heavy atom. The predicted octanol–water partition coefficient (Wildman–Crippen LogP) is 3.66. The molecule has 3 heterocycles. The van der Waals surface area contributed by atoms with E-state index in [2.05, 4.69) is 34.5 Å². The van der Waals surface area contributed by atoms with E-state index < -0.39 is 0 Å². The van der Waals surface area contributed by atoms with Crippen LogP contribution in [0.2, 0.25) is 0 Å². The molecule has 1 amide bonds. The standard InChI is InChI=1S/C18H20N4OS/c1-11-5-6-15-16(8-11)20-17(19-15)13-4-3-7-22(9-13)18(23)14-10-24-21-12(14)2/h5-6,8,10,13H,3-4,7,9H2,1-2H3,(H,19,20)/t13-/m1/s1. The van der Waals surface area contributed by atoms with Crippen LogP contribution < -0.4 is 0 Å². The van der Waals surface area contributed by atoms with Gasteiger partial charge in [-0.3, -0.25) is 4.79 Å². The smallest absolute Gasteiger partial charge is 0.256 e. The Kier molecular flexibility index (Phi) is 3.84. The van der Waals surface area contributed by atoms with Crippen molar-refractivity contribution in [2.24, 2.45) is 0 Å². The molecular weight excluding hydrogens is 320 g/mol. The van der Waals surface area contributed by atoms with Crippen molar-refractivity contribution in [2.75, 3.05) is 13.1 Å². The zero-order chi connectivity index (χ0) is 16.7. The first-order valence-corrected chi connectivity index (χ1v) is 9.12. The summed E-state index contributed by atoms with van der Waals surface area (Å²) in [5, 5.41) is 1.85. The summed E-state index contributed by atoms with van der Waals surface area (Å²) >= 11 is 1.34. The number of hydrogen-bond acceptors (Lipinski definition) is 4. The van der Waals surface area contributed by atoms with E-state index in [1.807, 2.05) is 17.2 Å². The van der Waals surface area contributed by atoms with Crippen LogP contribution in [0.25, 0.3) is 11.0 Å². The maximum atomic E-state index is 12.7. The fourth-order valence-electron chi connectivity index (χ4n) is 3.39. The first-order chi connectivity index (χ1) is 11.6. The van der Waals surface area contributed by atoms with Gasteiger partial charge in [0.15, 0.2) is 0 Å². The lowest BCUT2D eigenvalue weighted by Crippen LogP contribution is -2.39. The van der Waals surface area contributed by atoms with E-state index in [1.165, 1.54) is 17.1 Å². The average molecular weight is 340 g/mol. The van der Waals surface area contributed by atoms with Crippen molar-refractivity contribution in [1.29, 1.82) is 0 Å². The molecular formula is C18H20N4OS. The van der Waals surface area contributed by atoms with Gasteiger partial charge in [0.25, 0.3) is 5.91 Å². The predicted molar refractivity (Wildman–Crippen MR) is 95.6 cm³/mol. The van der Waals surface area contributed by atoms with Gasteiger partial charge in [0.05, 0.1) is 22.3 Å². The van der Waals surface area contributed by atoms with Crippen molar-refractivity contribution in [1.82, 2.24) is 19.2 Å². The molecule has 0 radical (unpaired) electrons. The van der Waals surface area contributed by atoms with E-state index in [1.54, 1.807) is 0 Å². The van der Waals surface area contributed by atoms with Gasteiger partial charge in [0.2, 0.25) is 0 Å². The normalized spacial score (nSPS) is 18.2. The highest BCUT2D eigenvalue weighted by molar-refractivity contribution is 7.03. The fraction of sp³-hybridized carbons (Fsp3) is 0.389. The molecule has 5 nitrogen and oxygen atoms in total. The molecule has 3 aromatic rings. The molecule has 2 aromatic heterocycles. The number of rotatable bonds is 2. The van der Waals surface area contributed by atoms with Crippen LogP contribution in [-0.2, 0) is 0 Å². The van der Waals surface area contributed by atoms with Gasteiger partial charge in [0.1, 0.15) is 5.82 Å². The number of nitrogens with zero attached hydrogens (tertiary/aromatic N) is 3. The van der Waals surface area contributed by atoms with Crippen LogP contribution in [0.1, 0.15) is 46.2 Å². The molecule has 124 valence electrons. The molecule has 1 aromatic carbocycles. The molecule has 4 rings (SSSR count). The number of piperidine rings is 1. The molecule has 1 aliphatic heterocycles. The number of aryl methyl sites for hydroxylation is 2. The van der Waals surface area contributed by atoms with Gasteiger partial charge in [-0.1, -0.05) is 6.07 Å². The number of amides is 1. The highest BCUT2D eigenvalue weighted by Gasteiger charge is 2.28. The number of benzene rings is 1. The number of H-pyrrole nitrogens is 1. The molecule has 1 saturated heterocycles. The zero-order valence-corrected chi connectivity index (χ0v) is 14.7. The summed E-state index contributed by atoms with van der Waals surface area (Å²) in [6, 6.07) is 6.25. The summed E-state index contributed by atoms with van der Waals surface area (Å²) in [7, 11) is 0. The Morgan fingerprint density at radius 1 is 1.38 bits per heavy atom. The molecule has 1 aliphatic rings. The number of carbonyl (C=O) groups is 1. The molecule has 1 fully saturated rings. The Balaban J connectivity index is 1.57. The summed E-state index contributed by atoms with van der Waals surface area (Å²) in [6.07, 6.45) is 2.06. The lowest BCUT2D eigenvalue weighted by molar-refractivity contribution is 0.0704. The molecule has 0 spiro atoms. The molecule has 0 saturated carbocycles. The molecule has 0 aliphatic carbocycles. The lowest BCUT2D eigenvalue weighted by atomic mass is 9.97. The lowest BCUT2D eigenvalue weighted by Gasteiger charge is -2.31. The van der Waals surface area contributed by atoms with Gasteiger partial charge in [-0.2, -0.15) is 4.37 Å². The zero-order valence-electron chi connectivity index (χ0n) is 13.9. The average Bonchev–Trinajstić information content (AvgIpc) is 3.20. The number of aromatic nitrogens is 3. The van der Waals surface area contributed by atoms with E-state index in [9.17, 15) is 4.79 Å². The second-order valence-corrected chi connectivity index (χ2v) is 7.18. The maximum absolute atomic E-state index is 12.7. The minimum absolute atomic E-state index is 0.0953. The summed E-state index contributed by atoms with van der Waals surface area (Å²) in [5.41, 5.74) is 4.86. The number of imidazole rings is 1. The van der Waals surface area contributed by atoms with Gasteiger partial charge in [-0.05, 0) is 55.9 Å². The highest BCUT2D eigenvalue weighted by atomic mass is 32.1. The van der Waals surface area contributed by atoms with Gasteiger partial charge >= 0.3 is 0 Å². The van der Waals surface area contributed by atoms with E-state index in [0.717, 1.165) is 47.5 Å². The van der Waals surface area contributed by atoms with Crippen LogP contribution in [0.4, 0.5) is 0 Å². The summed E-state index contributed by atoms with van der Waals surface area (Å²) < 4.78 is 4.22. The molecule has 0 unspecified atom stereocenters. The Bertz CT molecular complexity index is 897. The number of fused-ring (bicyclic) bond motifs is 1. The second-order valence-electron chi connectivity index (χ2n) is 6.55. The first-order valence-electron chi connectivity index (χ1n) is 8.28. The molecule has 24 heavy (non-hydrogen) atoms. The Hall–Kier alpha value is -2.21. The van der Waals surface area contributed by atoms with Gasteiger partial charge in [0, 0.05) is 24.4 Å². The monoisotopic (exact) mass is 340 g/mol. The van der Waals surface area contributed by atoms with Crippen molar-refractivity contribution in [3.8, 4) is 0 Å². The van der Waals surface area contributed by atoms with Crippen molar-refractivity contribution < 1.29 is 4.79 Å². The minimum Gasteiger partial charge on any atom is -0.342 e. The third kappa shape index (κ3) is 2.71. The SMILES string of the molecule is Cc1ccc2nc([C@@H]3CCCN(C(=O)c4csnc4C)C3)[nH]c2c1. The summed E-state index contributed by atoms with van der Waals surface area (Å²) in [4.78, 5) is 22.9.